The van der Waals surface area contributed by atoms with E-state index in [1.54, 1.807) is 24.3 Å². The Kier molecular flexibility index (Phi) is 7.15. The topological polar surface area (TPSA) is 82.1 Å². The summed E-state index contributed by atoms with van der Waals surface area (Å²) in [4.78, 5) is 12.2. The van der Waals surface area contributed by atoms with E-state index in [0.717, 1.165) is 4.31 Å². The van der Waals surface area contributed by atoms with Gasteiger partial charge in [0.15, 0.2) is 0 Å². The van der Waals surface area contributed by atoms with E-state index in [4.69, 9.17) is 14.2 Å². The van der Waals surface area contributed by atoms with Crippen molar-refractivity contribution < 1.29 is 27.4 Å². The molecule has 0 amide bonds. The summed E-state index contributed by atoms with van der Waals surface area (Å²) in [6.07, 6.45) is 0. The third kappa shape index (κ3) is 5.35. The number of hydrogen-bond donors (Lipinski definition) is 0. The van der Waals surface area contributed by atoms with Crippen LogP contribution >= 0.6 is 0 Å². The number of hydrogen-bond acceptors (Lipinski definition) is 6. The molecule has 0 radical (unpaired) electrons. The van der Waals surface area contributed by atoms with Crippen molar-refractivity contribution >= 4 is 21.7 Å². The number of rotatable bonds is 9. The van der Waals surface area contributed by atoms with Crippen molar-refractivity contribution in [3.05, 3.63) is 84.4 Å². The van der Waals surface area contributed by atoms with Crippen LogP contribution in [0, 0.1) is 0 Å². The number of methoxy groups -OCH3 is 1. The molecule has 3 aromatic carbocycles. The predicted molar refractivity (Wildman–Crippen MR) is 117 cm³/mol. The van der Waals surface area contributed by atoms with Crippen LogP contribution in [0.1, 0.15) is 10.4 Å². The van der Waals surface area contributed by atoms with Crippen molar-refractivity contribution in [1.82, 2.24) is 0 Å². The molecule has 7 nitrogen and oxygen atoms in total. The zero-order chi connectivity index (χ0) is 22.3. The summed E-state index contributed by atoms with van der Waals surface area (Å²) in [6, 6.07) is 21.6. The van der Waals surface area contributed by atoms with Crippen molar-refractivity contribution in [2.45, 2.75) is 4.90 Å². The van der Waals surface area contributed by atoms with Crippen molar-refractivity contribution in [2.75, 3.05) is 31.7 Å². The molecule has 0 saturated heterocycles. The maximum Gasteiger partial charge on any atom is 0.338 e. The summed E-state index contributed by atoms with van der Waals surface area (Å²) in [5, 5.41) is 0. The third-order valence-electron chi connectivity index (χ3n) is 4.50. The average molecular weight is 442 g/mol. The highest BCUT2D eigenvalue weighted by Gasteiger charge is 2.24. The maximum atomic E-state index is 13.0. The fourth-order valence-corrected chi connectivity index (χ4v) is 4.04. The van der Waals surface area contributed by atoms with Gasteiger partial charge in [0, 0.05) is 7.05 Å². The quantitative estimate of drug-likeness (QED) is 0.372. The molecule has 0 aromatic heterocycles. The number of benzene rings is 3. The fourth-order valence-electron chi connectivity index (χ4n) is 2.83. The zero-order valence-electron chi connectivity index (χ0n) is 17.2. The van der Waals surface area contributed by atoms with Gasteiger partial charge in [0.05, 0.1) is 23.3 Å². The van der Waals surface area contributed by atoms with Gasteiger partial charge in [-0.1, -0.05) is 30.3 Å². The molecule has 0 bridgehead atoms. The van der Waals surface area contributed by atoms with E-state index in [0.29, 0.717) is 17.2 Å². The molecule has 0 atom stereocenters. The van der Waals surface area contributed by atoms with Crippen LogP contribution in [0.25, 0.3) is 0 Å². The first-order chi connectivity index (χ1) is 14.9. The molecular formula is C23H23NO6S. The normalized spacial score (nSPS) is 10.9. The summed E-state index contributed by atoms with van der Waals surface area (Å²) < 4.78 is 43.0. The van der Waals surface area contributed by atoms with Crippen LogP contribution in [0.5, 0.6) is 11.5 Å². The van der Waals surface area contributed by atoms with Gasteiger partial charge in [-0.25, -0.2) is 13.2 Å². The Morgan fingerprint density at radius 2 is 1.52 bits per heavy atom. The number of para-hydroxylation sites is 3. The van der Waals surface area contributed by atoms with Crippen LogP contribution in [0.2, 0.25) is 0 Å². The van der Waals surface area contributed by atoms with Gasteiger partial charge in [-0.15, -0.1) is 0 Å². The van der Waals surface area contributed by atoms with Crippen LogP contribution in [0.4, 0.5) is 5.69 Å². The lowest BCUT2D eigenvalue weighted by molar-refractivity contribution is 0.0450. The monoisotopic (exact) mass is 441 g/mol. The van der Waals surface area contributed by atoms with E-state index in [1.807, 2.05) is 30.3 Å². The molecule has 0 aliphatic carbocycles. The van der Waals surface area contributed by atoms with Gasteiger partial charge in [0.1, 0.15) is 24.7 Å². The van der Waals surface area contributed by atoms with Gasteiger partial charge >= 0.3 is 5.97 Å². The Balaban J connectivity index is 1.62. The van der Waals surface area contributed by atoms with Crippen LogP contribution in [-0.2, 0) is 14.8 Å². The summed E-state index contributed by atoms with van der Waals surface area (Å²) in [5.74, 6) is 0.567. The molecule has 31 heavy (non-hydrogen) atoms. The number of esters is 1. The molecule has 0 aliphatic heterocycles. The van der Waals surface area contributed by atoms with Crippen molar-refractivity contribution in [3.63, 3.8) is 0 Å². The Bertz CT molecular complexity index is 1110. The average Bonchev–Trinajstić information content (AvgIpc) is 2.82. The Morgan fingerprint density at radius 3 is 2.19 bits per heavy atom. The van der Waals surface area contributed by atoms with E-state index >= 15 is 0 Å². The van der Waals surface area contributed by atoms with Crippen molar-refractivity contribution in [1.29, 1.82) is 0 Å². The molecule has 0 N–H and O–H groups in total. The second-order valence-electron chi connectivity index (χ2n) is 6.47. The second-order valence-corrected chi connectivity index (χ2v) is 8.44. The van der Waals surface area contributed by atoms with Gasteiger partial charge in [0.25, 0.3) is 10.0 Å². The first kappa shape index (κ1) is 22.2. The molecule has 162 valence electrons. The number of anilines is 1. The number of sulfonamides is 1. The highest BCUT2D eigenvalue weighted by Crippen LogP contribution is 2.30. The first-order valence-corrected chi connectivity index (χ1v) is 10.9. The van der Waals surface area contributed by atoms with Gasteiger partial charge in [0.2, 0.25) is 0 Å². The Hall–Kier alpha value is -3.52. The highest BCUT2D eigenvalue weighted by atomic mass is 32.2. The maximum absolute atomic E-state index is 13.0. The molecule has 3 rings (SSSR count). The van der Waals surface area contributed by atoms with Gasteiger partial charge < -0.3 is 14.2 Å². The Labute approximate surface area is 181 Å². The molecule has 0 saturated carbocycles. The lowest BCUT2D eigenvalue weighted by Crippen LogP contribution is -2.27. The fraction of sp³-hybridized carbons (Fsp3) is 0.174. The summed E-state index contributed by atoms with van der Waals surface area (Å²) in [6.45, 7) is 0.288. The summed E-state index contributed by atoms with van der Waals surface area (Å²) in [7, 11) is -0.914. The highest BCUT2D eigenvalue weighted by molar-refractivity contribution is 7.92. The summed E-state index contributed by atoms with van der Waals surface area (Å²) >= 11 is 0. The number of carbonyl (C=O) groups excluding carboxylic acids is 1. The molecule has 3 aromatic rings. The molecule has 8 heteroatoms. The minimum atomic E-state index is -3.84. The van der Waals surface area contributed by atoms with Crippen molar-refractivity contribution in [2.24, 2.45) is 0 Å². The number of ether oxygens (including phenoxy) is 3. The smallest absolute Gasteiger partial charge is 0.338 e. The minimum absolute atomic E-state index is 0.0462. The van der Waals surface area contributed by atoms with Crippen molar-refractivity contribution in [3.8, 4) is 11.5 Å². The van der Waals surface area contributed by atoms with Crippen LogP contribution < -0.4 is 13.8 Å². The predicted octanol–water partition coefficient (Wildman–Crippen LogP) is 3.76. The van der Waals surface area contributed by atoms with Crippen LogP contribution in [-0.4, -0.2) is 41.8 Å². The van der Waals surface area contributed by atoms with E-state index in [-0.39, 0.29) is 23.7 Å². The largest absolute Gasteiger partial charge is 0.495 e. The standard InChI is InChI=1S/C23H23NO6S/c1-24(21-10-6-7-11-22(21)28-2)31(26,27)20-14-12-18(13-15-20)23(25)30-17-16-29-19-8-4-3-5-9-19/h3-15H,16-17H2,1-2H3. The van der Waals surface area contributed by atoms with Gasteiger partial charge in [-0.3, -0.25) is 4.31 Å². The van der Waals surface area contributed by atoms with Gasteiger partial charge in [-0.2, -0.15) is 0 Å². The second kappa shape index (κ2) is 9.99. The van der Waals surface area contributed by atoms with E-state index in [9.17, 15) is 13.2 Å². The summed E-state index contributed by atoms with van der Waals surface area (Å²) in [5.41, 5.74) is 0.658. The van der Waals surface area contributed by atoms with Gasteiger partial charge in [-0.05, 0) is 48.5 Å². The third-order valence-corrected chi connectivity index (χ3v) is 6.29. The molecular weight excluding hydrogens is 418 g/mol. The van der Waals surface area contributed by atoms with E-state index in [1.165, 1.54) is 38.4 Å². The number of nitrogens with zero attached hydrogens (tertiary/aromatic N) is 1. The molecule has 0 unspecified atom stereocenters. The molecule has 0 heterocycles. The van der Waals surface area contributed by atoms with E-state index < -0.39 is 16.0 Å². The first-order valence-electron chi connectivity index (χ1n) is 9.50. The lowest BCUT2D eigenvalue weighted by atomic mass is 10.2. The lowest BCUT2D eigenvalue weighted by Gasteiger charge is -2.21. The Morgan fingerprint density at radius 1 is 0.871 bits per heavy atom. The van der Waals surface area contributed by atoms with Crippen LogP contribution in [0.15, 0.2) is 83.8 Å². The zero-order valence-corrected chi connectivity index (χ0v) is 18.0. The molecule has 0 fully saturated rings. The SMILES string of the molecule is COc1ccccc1N(C)S(=O)(=O)c1ccc(C(=O)OCCOc2ccccc2)cc1. The number of carbonyl (C=O) groups is 1. The van der Waals surface area contributed by atoms with E-state index in [2.05, 4.69) is 0 Å². The molecule has 0 aliphatic rings. The van der Waals surface area contributed by atoms with Crippen LogP contribution in [0.3, 0.4) is 0 Å². The minimum Gasteiger partial charge on any atom is -0.495 e. The molecule has 0 spiro atoms.